The number of piperidine rings is 1. The van der Waals surface area contributed by atoms with Gasteiger partial charge in [0.15, 0.2) is 0 Å². The summed E-state index contributed by atoms with van der Waals surface area (Å²) < 4.78 is 0. The van der Waals surface area contributed by atoms with E-state index in [0.29, 0.717) is 11.9 Å². The number of hydrogen-bond acceptors (Lipinski definition) is 3. The van der Waals surface area contributed by atoms with Crippen molar-refractivity contribution in [2.24, 2.45) is 23.2 Å². The Bertz CT molecular complexity index is 495. The first-order valence-electron chi connectivity index (χ1n) is 11.3. The van der Waals surface area contributed by atoms with E-state index in [4.69, 9.17) is 0 Å². The van der Waals surface area contributed by atoms with E-state index >= 15 is 0 Å². The summed E-state index contributed by atoms with van der Waals surface area (Å²) in [6.45, 7) is 4.65. The Morgan fingerprint density at radius 3 is 2.19 bits per heavy atom. The summed E-state index contributed by atoms with van der Waals surface area (Å²) in [5.41, 5.74) is 0.0455. The van der Waals surface area contributed by atoms with Crippen LogP contribution in [0.1, 0.15) is 64.2 Å². The van der Waals surface area contributed by atoms with Crippen LogP contribution in [0, 0.1) is 23.2 Å². The number of likely N-dealkylation sites (tertiary alicyclic amines) is 1. The molecule has 3 nitrogen and oxygen atoms in total. The van der Waals surface area contributed by atoms with E-state index in [1.54, 1.807) is 0 Å². The van der Waals surface area contributed by atoms with E-state index in [1.807, 2.05) is 0 Å². The summed E-state index contributed by atoms with van der Waals surface area (Å²) in [4.78, 5) is 19.0. The average Bonchev–Trinajstić information content (AvgIpc) is 2.86. The Balaban J connectivity index is 1.34. The molecular formula is C22H36N2OS. The molecule has 0 aromatic rings. The molecule has 2 saturated heterocycles. The van der Waals surface area contributed by atoms with Crippen LogP contribution in [-0.4, -0.2) is 59.4 Å². The maximum absolute atomic E-state index is 14.0. The first-order chi connectivity index (χ1) is 12.7. The molecule has 1 amide bonds. The lowest BCUT2D eigenvalue weighted by Gasteiger charge is -2.57. The molecule has 4 bridgehead atoms. The highest BCUT2D eigenvalue weighted by Gasteiger charge is 2.56. The molecule has 2 aliphatic heterocycles. The lowest BCUT2D eigenvalue weighted by molar-refractivity contribution is -0.160. The van der Waals surface area contributed by atoms with Gasteiger partial charge in [-0.15, -0.1) is 0 Å². The zero-order valence-electron chi connectivity index (χ0n) is 16.3. The van der Waals surface area contributed by atoms with Crippen LogP contribution in [0.4, 0.5) is 0 Å². The lowest BCUT2D eigenvalue weighted by Crippen LogP contribution is -2.58. The Hall–Kier alpha value is -0.220. The van der Waals surface area contributed by atoms with Gasteiger partial charge in [-0.2, -0.15) is 11.8 Å². The van der Waals surface area contributed by atoms with Crippen molar-refractivity contribution in [1.82, 2.24) is 9.80 Å². The summed E-state index contributed by atoms with van der Waals surface area (Å²) in [7, 11) is 0. The fourth-order valence-corrected chi connectivity index (χ4v) is 8.42. The number of carbonyl (C=O) groups excluding carboxylic acids is 1. The van der Waals surface area contributed by atoms with Crippen molar-refractivity contribution >= 4 is 17.7 Å². The molecule has 6 fully saturated rings. The summed E-state index contributed by atoms with van der Waals surface area (Å²) in [5.74, 6) is 5.59. The molecule has 4 aliphatic carbocycles. The van der Waals surface area contributed by atoms with Crippen LogP contribution in [0.3, 0.4) is 0 Å². The van der Waals surface area contributed by atoms with Crippen LogP contribution < -0.4 is 0 Å². The third kappa shape index (κ3) is 3.34. The van der Waals surface area contributed by atoms with Crippen molar-refractivity contribution in [3.63, 3.8) is 0 Å². The predicted octanol–water partition coefficient (Wildman–Crippen LogP) is 4.02. The van der Waals surface area contributed by atoms with Crippen molar-refractivity contribution < 1.29 is 4.79 Å². The number of rotatable bonds is 3. The predicted molar refractivity (Wildman–Crippen MR) is 108 cm³/mol. The van der Waals surface area contributed by atoms with E-state index in [2.05, 4.69) is 21.6 Å². The second kappa shape index (κ2) is 7.31. The molecule has 0 N–H and O–H groups in total. The van der Waals surface area contributed by atoms with Crippen molar-refractivity contribution in [3.05, 3.63) is 0 Å². The third-order valence-corrected chi connectivity index (χ3v) is 9.31. The molecule has 26 heavy (non-hydrogen) atoms. The molecule has 0 spiro atoms. The molecule has 0 radical (unpaired) electrons. The van der Waals surface area contributed by atoms with Crippen LogP contribution in [0.25, 0.3) is 0 Å². The molecule has 2 heterocycles. The molecular weight excluding hydrogens is 340 g/mol. The first kappa shape index (κ1) is 17.8. The van der Waals surface area contributed by atoms with Gasteiger partial charge in [0.25, 0.3) is 0 Å². The maximum Gasteiger partial charge on any atom is 0.229 e. The zero-order chi connectivity index (χ0) is 17.6. The number of thioether (sulfide) groups is 1. The van der Waals surface area contributed by atoms with E-state index in [0.717, 1.165) is 36.6 Å². The molecule has 4 saturated carbocycles. The molecule has 0 aromatic heterocycles. The summed E-state index contributed by atoms with van der Waals surface area (Å²) in [6, 6.07) is 0.459. The number of hydrogen-bond donors (Lipinski definition) is 0. The van der Waals surface area contributed by atoms with E-state index in [9.17, 15) is 4.79 Å². The van der Waals surface area contributed by atoms with E-state index in [1.165, 1.54) is 83.1 Å². The molecule has 4 heteroatoms. The van der Waals surface area contributed by atoms with Crippen LogP contribution in [0.2, 0.25) is 0 Å². The van der Waals surface area contributed by atoms with E-state index < -0.39 is 0 Å². The summed E-state index contributed by atoms with van der Waals surface area (Å²) in [6.07, 6.45) is 13.2. The summed E-state index contributed by atoms with van der Waals surface area (Å²) in [5, 5.41) is 0. The standard InChI is InChI=1S/C22H36N2OS/c25-21(22-12-17-9-18(13-22)11-19(10-17)14-22)24-7-4-8-26-16-20(24)15-23-5-2-1-3-6-23/h17-20H,1-16H2. The maximum atomic E-state index is 14.0. The normalized spacial score (nSPS) is 43.5. The fraction of sp³-hybridized carbons (Fsp3) is 0.955. The first-order valence-corrected chi connectivity index (χ1v) is 12.5. The number of nitrogens with zero attached hydrogens (tertiary/aromatic N) is 2. The van der Waals surface area contributed by atoms with Gasteiger partial charge in [0.2, 0.25) is 5.91 Å². The van der Waals surface area contributed by atoms with Gasteiger partial charge in [-0.1, -0.05) is 6.42 Å². The van der Waals surface area contributed by atoms with Gasteiger partial charge in [0.1, 0.15) is 0 Å². The van der Waals surface area contributed by atoms with Crippen LogP contribution >= 0.6 is 11.8 Å². The van der Waals surface area contributed by atoms with Gasteiger partial charge in [-0.3, -0.25) is 4.79 Å². The van der Waals surface area contributed by atoms with Gasteiger partial charge in [-0.05, 0) is 94.4 Å². The Labute approximate surface area is 163 Å². The number of amides is 1. The monoisotopic (exact) mass is 376 g/mol. The van der Waals surface area contributed by atoms with Gasteiger partial charge in [0, 0.05) is 18.8 Å². The SMILES string of the molecule is O=C(N1CCCSCC1CN1CCCCC1)C12CC3CC(CC(C3)C1)C2. The molecule has 1 atom stereocenters. The smallest absolute Gasteiger partial charge is 0.229 e. The van der Waals surface area contributed by atoms with Gasteiger partial charge >= 0.3 is 0 Å². The Morgan fingerprint density at radius 1 is 0.885 bits per heavy atom. The van der Waals surface area contributed by atoms with Crippen molar-refractivity contribution in [1.29, 1.82) is 0 Å². The van der Waals surface area contributed by atoms with Gasteiger partial charge in [-0.25, -0.2) is 0 Å². The van der Waals surface area contributed by atoms with Crippen LogP contribution in [0.5, 0.6) is 0 Å². The minimum atomic E-state index is 0.0455. The minimum absolute atomic E-state index is 0.0455. The molecule has 0 aromatic carbocycles. The van der Waals surface area contributed by atoms with Crippen molar-refractivity contribution in [2.45, 2.75) is 70.3 Å². The topological polar surface area (TPSA) is 23.6 Å². The average molecular weight is 377 g/mol. The quantitative estimate of drug-likeness (QED) is 0.743. The largest absolute Gasteiger partial charge is 0.337 e. The van der Waals surface area contributed by atoms with Gasteiger partial charge in [0.05, 0.1) is 11.5 Å². The Kier molecular flexibility index (Phi) is 5.02. The highest BCUT2D eigenvalue weighted by Crippen LogP contribution is 2.60. The lowest BCUT2D eigenvalue weighted by atomic mass is 9.49. The van der Waals surface area contributed by atoms with Gasteiger partial charge < -0.3 is 9.80 Å². The third-order valence-electron chi connectivity index (χ3n) is 8.11. The fourth-order valence-electron chi connectivity index (χ4n) is 7.36. The Morgan fingerprint density at radius 2 is 1.54 bits per heavy atom. The minimum Gasteiger partial charge on any atom is -0.337 e. The summed E-state index contributed by atoms with van der Waals surface area (Å²) >= 11 is 2.09. The van der Waals surface area contributed by atoms with E-state index in [-0.39, 0.29) is 5.41 Å². The zero-order valence-corrected chi connectivity index (χ0v) is 17.2. The van der Waals surface area contributed by atoms with Crippen molar-refractivity contribution in [2.75, 3.05) is 37.7 Å². The van der Waals surface area contributed by atoms with Crippen LogP contribution in [-0.2, 0) is 4.79 Å². The second-order valence-corrected chi connectivity index (χ2v) is 11.3. The highest BCUT2D eigenvalue weighted by molar-refractivity contribution is 7.99. The molecule has 146 valence electrons. The van der Waals surface area contributed by atoms with Crippen LogP contribution in [0.15, 0.2) is 0 Å². The molecule has 6 rings (SSSR count). The molecule has 1 unspecified atom stereocenters. The van der Waals surface area contributed by atoms with Crippen molar-refractivity contribution in [3.8, 4) is 0 Å². The number of carbonyl (C=O) groups is 1. The molecule has 6 aliphatic rings. The highest BCUT2D eigenvalue weighted by atomic mass is 32.2. The second-order valence-electron chi connectivity index (χ2n) is 10.1.